The number of aliphatic hydroxyl groups excluding tert-OH is 1. The molecule has 0 amide bonds. The molecule has 3 atom stereocenters. The van der Waals surface area contributed by atoms with Crippen LogP contribution in [0, 0.1) is 10.8 Å². The molecule has 124 valence electrons. The smallest absolute Gasteiger partial charge is 0.315 e. The summed E-state index contributed by atoms with van der Waals surface area (Å²) in [5.74, 6) is -2.10. The van der Waals surface area contributed by atoms with E-state index in [9.17, 15) is 30.0 Å². The van der Waals surface area contributed by atoms with Crippen LogP contribution in [0.4, 0.5) is 0 Å². The molecule has 1 aromatic rings. The van der Waals surface area contributed by atoms with Gasteiger partial charge in [-0.15, -0.1) is 0 Å². The van der Waals surface area contributed by atoms with Gasteiger partial charge >= 0.3 is 5.97 Å². The van der Waals surface area contributed by atoms with Crippen molar-refractivity contribution in [3.05, 3.63) is 23.8 Å². The monoisotopic (exact) mass is 322 g/mol. The summed E-state index contributed by atoms with van der Waals surface area (Å²) in [6.45, 7) is -0.0650. The normalized spacial score (nSPS) is 32.7. The van der Waals surface area contributed by atoms with Crippen LogP contribution in [0.25, 0.3) is 0 Å². The second kappa shape index (κ2) is 5.21. The fourth-order valence-corrected chi connectivity index (χ4v) is 3.97. The SMILES string of the molecule is O=C(C[C@@]12CC[C@H](O)[C@]1(C(=O)O)COC2)c1cc(O)ccc1O. The van der Waals surface area contributed by atoms with Crippen LogP contribution in [0.2, 0.25) is 0 Å². The summed E-state index contributed by atoms with van der Waals surface area (Å²) in [4.78, 5) is 24.4. The van der Waals surface area contributed by atoms with Crippen LogP contribution < -0.4 is 0 Å². The fraction of sp³-hybridized carbons (Fsp3) is 0.500. The quantitative estimate of drug-likeness (QED) is 0.480. The molecule has 23 heavy (non-hydrogen) atoms. The van der Waals surface area contributed by atoms with Crippen LogP contribution in [0.3, 0.4) is 0 Å². The number of carbonyl (C=O) groups is 2. The van der Waals surface area contributed by atoms with E-state index >= 15 is 0 Å². The lowest BCUT2D eigenvalue weighted by Gasteiger charge is -2.36. The van der Waals surface area contributed by atoms with E-state index in [1.54, 1.807) is 0 Å². The summed E-state index contributed by atoms with van der Waals surface area (Å²) in [6.07, 6.45) is -0.609. The minimum absolute atomic E-state index is 0.0630. The Balaban J connectivity index is 1.96. The van der Waals surface area contributed by atoms with Crippen LogP contribution in [-0.4, -0.2) is 51.5 Å². The number of hydrogen-bond acceptors (Lipinski definition) is 6. The number of hydrogen-bond donors (Lipinski definition) is 4. The van der Waals surface area contributed by atoms with Crippen molar-refractivity contribution in [2.24, 2.45) is 10.8 Å². The molecule has 1 heterocycles. The third-order valence-corrected chi connectivity index (χ3v) is 5.28. The highest BCUT2D eigenvalue weighted by Crippen LogP contribution is 2.59. The number of benzene rings is 1. The molecule has 7 heteroatoms. The fourth-order valence-electron chi connectivity index (χ4n) is 3.97. The van der Waals surface area contributed by atoms with Crippen molar-refractivity contribution in [1.82, 2.24) is 0 Å². The summed E-state index contributed by atoms with van der Waals surface area (Å²) in [5.41, 5.74) is -2.57. The molecule has 0 radical (unpaired) electrons. The van der Waals surface area contributed by atoms with Crippen LogP contribution in [0.15, 0.2) is 18.2 Å². The molecule has 1 saturated carbocycles. The molecule has 7 nitrogen and oxygen atoms in total. The first-order valence-corrected chi connectivity index (χ1v) is 7.37. The van der Waals surface area contributed by atoms with Gasteiger partial charge in [0, 0.05) is 11.8 Å². The predicted molar refractivity (Wildman–Crippen MR) is 77.3 cm³/mol. The zero-order valence-corrected chi connectivity index (χ0v) is 12.4. The van der Waals surface area contributed by atoms with Crippen molar-refractivity contribution in [3.8, 4) is 11.5 Å². The molecule has 1 aliphatic carbocycles. The number of rotatable bonds is 4. The molecule has 2 fully saturated rings. The molecule has 1 saturated heterocycles. The number of phenolic OH excluding ortho intramolecular Hbond substituents is 2. The standard InChI is InChI=1S/C16H18O7/c17-9-1-2-11(18)10(5-9)12(19)6-15-4-3-13(20)16(15,14(21)22)8-23-7-15/h1-2,5,13,17-18,20H,3-4,6-8H2,(H,21,22)/t13-,15+,16-/m0/s1. The van der Waals surface area contributed by atoms with Gasteiger partial charge in [-0.2, -0.15) is 0 Å². The lowest BCUT2D eigenvalue weighted by atomic mass is 9.64. The first kappa shape index (κ1) is 15.8. The largest absolute Gasteiger partial charge is 0.508 e. The number of aliphatic carboxylic acids is 1. The Bertz CT molecular complexity index is 670. The van der Waals surface area contributed by atoms with Crippen molar-refractivity contribution >= 4 is 11.8 Å². The first-order chi connectivity index (χ1) is 10.8. The number of ketones is 1. The number of aromatic hydroxyl groups is 2. The topological polar surface area (TPSA) is 124 Å². The van der Waals surface area contributed by atoms with Gasteiger partial charge in [0.1, 0.15) is 16.9 Å². The van der Waals surface area contributed by atoms with Gasteiger partial charge in [0.2, 0.25) is 0 Å². The maximum atomic E-state index is 12.6. The van der Waals surface area contributed by atoms with Crippen molar-refractivity contribution in [3.63, 3.8) is 0 Å². The number of carboxylic acid groups (broad SMARTS) is 1. The lowest BCUT2D eigenvalue weighted by molar-refractivity contribution is -0.160. The molecule has 0 bridgehead atoms. The molecule has 3 rings (SSSR count). The van der Waals surface area contributed by atoms with E-state index in [4.69, 9.17) is 4.74 Å². The average molecular weight is 322 g/mol. The molecule has 1 aliphatic heterocycles. The molecular weight excluding hydrogens is 304 g/mol. The van der Waals surface area contributed by atoms with Gasteiger partial charge in [0.25, 0.3) is 0 Å². The highest BCUT2D eigenvalue weighted by molar-refractivity contribution is 6.00. The highest BCUT2D eigenvalue weighted by Gasteiger charge is 2.68. The zero-order chi connectivity index (χ0) is 16.8. The Labute approximate surface area is 132 Å². The van der Waals surface area contributed by atoms with Gasteiger partial charge in [-0.05, 0) is 31.0 Å². The Hall–Kier alpha value is -2.12. The van der Waals surface area contributed by atoms with Crippen molar-refractivity contribution in [1.29, 1.82) is 0 Å². The molecule has 0 spiro atoms. The van der Waals surface area contributed by atoms with E-state index in [0.717, 1.165) is 6.07 Å². The van der Waals surface area contributed by atoms with Gasteiger partial charge < -0.3 is 25.2 Å². The first-order valence-electron chi connectivity index (χ1n) is 7.37. The van der Waals surface area contributed by atoms with E-state index in [0.29, 0.717) is 6.42 Å². The van der Waals surface area contributed by atoms with E-state index in [-0.39, 0.29) is 43.1 Å². The summed E-state index contributed by atoms with van der Waals surface area (Å²) < 4.78 is 5.34. The second-order valence-corrected chi connectivity index (χ2v) is 6.41. The van der Waals surface area contributed by atoms with Gasteiger partial charge in [-0.3, -0.25) is 9.59 Å². The van der Waals surface area contributed by atoms with Gasteiger partial charge in [0.15, 0.2) is 5.78 Å². The van der Waals surface area contributed by atoms with Gasteiger partial charge in [-0.1, -0.05) is 0 Å². The van der Waals surface area contributed by atoms with Gasteiger partial charge in [0.05, 0.1) is 24.9 Å². The van der Waals surface area contributed by atoms with Crippen LogP contribution in [0.5, 0.6) is 11.5 Å². The maximum Gasteiger partial charge on any atom is 0.315 e. The Morgan fingerprint density at radius 1 is 1.26 bits per heavy atom. The van der Waals surface area contributed by atoms with E-state index in [1.807, 2.05) is 0 Å². The second-order valence-electron chi connectivity index (χ2n) is 6.41. The summed E-state index contributed by atoms with van der Waals surface area (Å²) in [6, 6.07) is 3.61. The third-order valence-electron chi connectivity index (χ3n) is 5.28. The van der Waals surface area contributed by atoms with E-state index in [1.165, 1.54) is 12.1 Å². The number of ether oxygens (including phenoxy) is 1. The third kappa shape index (κ3) is 2.11. The highest BCUT2D eigenvalue weighted by atomic mass is 16.5. The molecule has 4 N–H and O–H groups in total. The molecule has 2 aliphatic rings. The summed E-state index contributed by atoms with van der Waals surface area (Å²) in [7, 11) is 0. The Morgan fingerprint density at radius 2 is 2.00 bits per heavy atom. The van der Waals surface area contributed by atoms with Crippen LogP contribution in [0.1, 0.15) is 29.6 Å². The van der Waals surface area contributed by atoms with Crippen molar-refractivity contribution in [2.45, 2.75) is 25.4 Å². The average Bonchev–Trinajstić information content (AvgIpc) is 2.98. The summed E-state index contributed by atoms with van der Waals surface area (Å²) in [5, 5.41) is 39.2. The number of Topliss-reactive ketones (excluding diaryl/α,β-unsaturated/α-hetero) is 1. The minimum atomic E-state index is -1.50. The number of aliphatic hydroxyl groups is 1. The number of fused-ring (bicyclic) bond motifs is 1. The predicted octanol–water partition coefficient (Wildman–Crippen LogP) is 0.913. The zero-order valence-electron chi connectivity index (χ0n) is 12.4. The van der Waals surface area contributed by atoms with Crippen LogP contribution >= 0.6 is 0 Å². The van der Waals surface area contributed by atoms with E-state index < -0.39 is 28.7 Å². The molecule has 0 unspecified atom stereocenters. The Morgan fingerprint density at radius 3 is 2.70 bits per heavy atom. The Kier molecular flexibility index (Phi) is 3.57. The molecular formula is C16H18O7. The maximum absolute atomic E-state index is 12.6. The molecule has 1 aromatic carbocycles. The van der Waals surface area contributed by atoms with Gasteiger partial charge in [-0.25, -0.2) is 0 Å². The lowest BCUT2D eigenvalue weighted by Crippen LogP contribution is -2.50. The summed E-state index contributed by atoms with van der Waals surface area (Å²) >= 11 is 0. The van der Waals surface area contributed by atoms with Crippen molar-refractivity contribution < 1.29 is 34.8 Å². The minimum Gasteiger partial charge on any atom is -0.508 e. The number of carbonyl (C=O) groups excluding carboxylic acids is 1. The number of phenols is 2. The van der Waals surface area contributed by atoms with Crippen LogP contribution in [-0.2, 0) is 9.53 Å². The number of carboxylic acids is 1. The van der Waals surface area contributed by atoms with Crippen molar-refractivity contribution in [2.75, 3.05) is 13.2 Å². The van der Waals surface area contributed by atoms with E-state index in [2.05, 4.69) is 0 Å². The molecule has 0 aromatic heterocycles.